The lowest BCUT2D eigenvalue weighted by Crippen LogP contribution is -2.28. The molecule has 0 bridgehead atoms. The Morgan fingerprint density at radius 2 is 1.76 bits per heavy atom. The summed E-state index contributed by atoms with van der Waals surface area (Å²) in [5.41, 5.74) is 2.07. The van der Waals surface area contributed by atoms with Crippen LogP contribution in [-0.2, 0) is 4.79 Å². The molecule has 25 heavy (non-hydrogen) atoms. The summed E-state index contributed by atoms with van der Waals surface area (Å²) in [4.78, 5) is 12.0. The van der Waals surface area contributed by atoms with Gasteiger partial charge in [-0.2, -0.15) is 0 Å². The lowest BCUT2D eigenvalue weighted by molar-refractivity contribution is -0.118. The molecule has 128 valence electrons. The first-order valence-corrected chi connectivity index (χ1v) is 9.04. The molecule has 5 nitrogen and oxygen atoms in total. The molecule has 0 radical (unpaired) electrons. The van der Waals surface area contributed by atoms with Crippen LogP contribution in [0.2, 0.25) is 0 Å². The van der Waals surface area contributed by atoms with Crippen molar-refractivity contribution in [2.45, 2.75) is 18.1 Å². The van der Waals surface area contributed by atoms with Crippen molar-refractivity contribution >= 4 is 17.7 Å². The Hall–Kier alpha value is -2.60. The monoisotopic (exact) mass is 353 g/mol. The molecular formula is C19H19N3O2S. The van der Waals surface area contributed by atoms with Crippen LogP contribution in [0, 0.1) is 0 Å². The highest BCUT2D eigenvalue weighted by Gasteiger charge is 2.12. The molecule has 0 saturated heterocycles. The first-order valence-electron chi connectivity index (χ1n) is 8.06. The van der Waals surface area contributed by atoms with E-state index in [1.54, 1.807) is 0 Å². The second kappa shape index (κ2) is 8.48. The number of carbonyl (C=O) groups excluding carboxylic acids is 1. The molecule has 1 aromatic heterocycles. The van der Waals surface area contributed by atoms with Crippen LogP contribution in [0.3, 0.4) is 0 Å². The molecule has 0 aliphatic heterocycles. The Labute approximate surface area is 150 Å². The van der Waals surface area contributed by atoms with Crippen molar-refractivity contribution in [2.24, 2.45) is 0 Å². The first kappa shape index (κ1) is 17.2. The van der Waals surface area contributed by atoms with Crippen molar-refractivity contribution in [3.8, 4) is 11.5 Å². The number of nitrogens with zero attached hydrogens (tertiary/aromatic N) is 2. The van der Waals surface area contributed by atoms with Gasteiger partial charge in [0, 0.05) is 12.1 Å². The molecule has 1 atom stereocenters. The van der Waals surface area contributed by atoms with Gasteiger partial charge in [0.2, 0.25) is 11.8 Å². The van der Waals surface area contributed by atoms with Crippen LogP contribution in [0.5, 0.6) is 0 Å². The van der Waals surface area contributed by atoms with Crippen molar-refractivity contribution in [3.05, 3.63) is 66.2 Å². The molecule has 0 spiro atoms. The molecule has 1 N–H and O–H groups in total. The summed E-state index contributed by atoms with van der Waals surface area (Å²) in [5, 5.41) is 11.3. The van der Waals surface area contributed by atoms with Crippen LogP contribution in [0.1, 0.15) is 18.4 Å². The third-order valence-corrected chi connectivity index (χ3v) is 4.55. The molecule has 0 saturated carbocycles. The Morgan fingerprint density at radius 1 is 1.08 bits per heavy atom. The summed E-state index contributed by atoms with van der Waals surface area (Å²) in [6, 6.07) is 19.7. The highest BCUT2D eigenvalue weighted by atomic mass is 32.2. The lowest BCUT2D eigenvalue weighted by Gasteiger charge is -2.12. The van der Waals surface area contributed by atoms with E-state index in [4.69, 9.17) is 4.42 Å². The average molecular weight is 353 g/mol. The second-order valence-electron chi connectivity index (χ2n) is 5.64. The van der Waals surface area contributed by atoms with Crippen molar-refractivity contribution in [2.75, 3.05) is 12.3 Å². The lowest BCUT2D eigenvalue weighted by atomic mass is 10.0. The number of nitrogens with one attached hydrogen (secondary N) is 1. The van der Waals surface area contributed by atoms with Crippen LogP contribution < -0.4 is 5.32 Å². The van der Waals surface area contributed by atoms with Gasteiger partial charge < -0.3 is 9.73 Å². The van der Waals surface area contributed by atoms with Gasteiger partial charge in [0.1, 0.15) is 0 Å². The SMILES string of the molecule is CC(CNC(=O)CSc1nnc(-c2ccccc2)o1)c1ccccc1. The quantitative estimate of drug-likeness (QED) is 0.655. The van der Waals surface area contributed by atoms with E-state index >= 15 is 0 Å². The predicted octanol–water partition coefficient (Wildman–Crippen LogP) is 3.75. The molecular weight excluding hydrogens is 334 g/mol. The van der Waals surface area contributed by atoms with E-state index in [-0.39, 0.29) is 17.6 Å². The third kappa shape index (κ3) is 4.93. The summed E-state index contributed by atoms with van der Waals surface area (Å²) < 4.78 is 5.58. The zero-order valence-electron chi connectivity index (χ0n) is 13.9. The molecule has 0 fully saturated rings. The van der Waals surface area contributed by atoms with E-state index in [0.717, 1.165) is 5.56 Å². The summed E-state index contributed by atoms with van der Waals surface area (Å²) >= 11 is 1.24. The summed E-state index contributed by atoms with van der Waals surface area (Å²) in [6.07, 6.45) is 0. The smallest absolute Gasteiger partial charge is 0.277 e. The van der Waals surface area contributed by atoms with E-state index in [0.29, 0.717) is 17.7 Å². The fourth-order valence-electron chi connectivity index (χ4n) is 2.31. The Kier molecular flexibility index (Phi) is 5.85. The van der Waals surface area contributed by atoms with Gasteiger partial charge >= 0.3 is 0 Å². The molecule has 1 heterocycles. The van der Waals surface area contributed by atoms with Gasteiger partial charge in [-0.3, -0.25) is 4.79 Å². The fraction of sp³-hybridized carbons (Fsp3) is 0.211. The van der Waals surface area contributed by atoms with Gasteiger partial charge in [-0.15, -0.1) is 10.2 Å². The highest BCUT2D eigenvalue weighted by Crippen LogP contribution is 2.22. The number of hydrogen-bond donors (Lipinski definition) is 1. The maximum Gasteiger partial charge on any atom is 0.277 e. The predicted molar refractivity (Wildman–Crippen MR) is 98.3 cm³/mol. The minimum atomic E-state index is -0.0488. The van der Waals surface area contributed by atoms with Crippen LogP contribution in [0.4, 0.5) is 0 Å². The van der Waals surface area contributed by atoms with Gasteiger partial charge in [0.25, 0.3) is 5.22 Å². The van der Waals surface area contributed by atoms with Crippen LogP contribution in [0.25, 0.3) is 11.5 Å². The Balaban J connectivity index is 1.46. The van der Waals surface area contributed by atoms with E-state index < -0.39 is 0 Å². The number of rotatable bonds is 7. The fourth-order valence-corrected chi connectivity index (χ4v) is 2.90. The maximum atomic E-state index is 12.0. The number of thioether (sulfide) groups is 1. The first-order chi connectivity index (χ1) is 12.2. The largest absolute Gasteiger partial charge is 0.411 e. The van der Waals surface area contributed by atoms with Gasteiger partial charge in [-0.1, -0.05) is 67.2 Å². The molecule has 0 aliphatic carbocycles. The van der Waals surface area contributed by atoms with E-state index in [9.17, 15) is 4.79 Å². The molecule has 3 aromatic rings. The highest BCUT2D eigenvalue weighted by molar-refractivity contribution is 7.99. The normalized spacial score (nSPS) is 11.9. The minimum Gasteiger partial charge on any atom is -0.411 e. The van der Waals surface area contributed by atoms with Crippen LogP contribution in [0.15, 0.2) is 70.3 Å². The standard InChI is InChI=1S/C19H19N3O2S/c1-14(15-8-4-2-5-9-15)12-20-17(23)13-25-19-22-21-18(24-19)16-10-6-3-7-11-16/h2-11,14H,12-13H2,1H3,(H,20,23). The van der Waals surface area contributed by atoms with Crippen molar-refractivity contribution in [1.29, 1.82) is 0 Å². The summed E-state index contributed by atoms with van der Waals surface area (Å²) in [7, 11) is 0. The van der Waals surface area contributed by atoms with E-state index in [1.807, 2.05) is 48.5 Å². The molecule has 1 unspecified atom stereocenters. The third-order valence-electron chi connectivity index (χ3n) is 3.73. The summed E-state index contributed by atoms with van der Waals surface area (Å²) in [6.45, 7) is 2.69. The van der Waals surface area contributed by atoms with Gasteiger partial charge in [-0.25, -0.2) is 0 Å². The van der Waals surface area contributed by atoms with Crippen molar-refractivity contribution < 1.29 is 9.21 Å². The molecule has 2 aromatic carbocycles. The van der Waals surface area contributed by atoms with E-state index in [2.05, 4.69) is 34.6 Å². The van der Waals surface area contributed by atoms with Crippen LogP contribution in [-0.4, -0.2) is 28.4 Å². The van der Waals surface area contributed by atoms with Gasteiger partial charge in [-0.05, 0) is 23.6 Å². The van der Waals surface area contributed by atoms with Gasteiger partial charge in [0.05, 0.1) is 5.75 Å². The molecule has 6 heteroatoms. The minimum absolute atomic E-state index is 0.0488. The molecule has 0 aliphatic rings. The van der Waals surface area contributed by atoms with Crippen molar-refractivity contribution in [3.63, 3.8) is 0 Å². The number of amides is 1. The summed E-state index contributed by atoms with van der Waals surface area (Å²) in [5.74, 6) is 0.925. The van der Waals surface area contributed by atoms with Crippen LogP contribution >= 0.6 is 11.8 Å². The maximum absolute atomic E-state index is 12.0. The number of hydrogen-bond acceptors (Lipinski definition) is 5. The second-order valence-corrected chi connectivity index (χ2v) is 6.57. The molecule has 3 rings (SSSR count). The van der Waals surface area contributed by atoms with Gasteiger partial charge in [0.15, 0.2) is 0 Å². The number of aromatic nitrogens is 2. The van der Waals surface area contributed by atoms with Crippen molar-refractivity contribution in [1.82, 2.24) is 15.5 Å². The Morgan fingerprint density at radius 3 is 2.48 bits per heavy atom. The van der Waals surface area contributed by atoms with E-state index in [1.165, 1.54) is 17.3 Å². The zero-order valence-corrected chi connectivity index (χ0v) is 14.7. The topological polar surface area (TPSA) is 68.0 Å². The number of benzene rings is 2. The average Bonchev–Trinajstić information content (AvgIpc) is 3.15. The zero-order chi connectivity index (χ0) is 17.5. The molecule has 1 amide bonds. The number of carbonyl (C=O) groups is 1. The Bertz CT molecular complexity index is 806.